The Hall–Kier alpha value is -2.34. The second kappa shape index (κ2) is 3.59. The zero-order chi connectivity index (χ0) is 15.3. The Labute approximate surface area is 131 Å². The summed E-state index contributed by atoms with van der Waals surface area (Å²) in [4.78, 5) is 28.1. The monoisotopic (exact) mass is 308 g/mol. The van der Waals surface area contributed by atoms with Crippen LogP contribution < -0.4 is 11.4 Å². The van der Waals surface area contributed by atoms with Crippen LogP contribution in [-0.4, -0.2) is 36.5 Å². The smallest absolute Gasteiger partial charge is 0.280 e. The molecule has 3 aliphatic heterocycles. The summed E-state index contributed by atoms with van der Waals surface area (Å²) in [5, 5.41) is 0. The van der Waals surface area contributed by atoms with Gasteiger partial charge in [0.25, 0.3) is 0 Å². The molecule has 116 valence electrons. The van der Waals surface area contributed by atoms with Crippen molar-refractivity contribution < 1.29 is 0 Å². The van der Waals surface area contributed by atoms with E-state index in [0.29, 0.717) is 36.8 Å². The minimum absolute atomic E-state index is 0.0958. The molecule has 0 radical (unpaired) electrons. The molecule has 1 aliphatic carbocycles. The van der Waals surface area contributed by atoms with E-state index in [0.717, 1.165) is 0 Å². The van der Waals surface area contributed by atoms with Gasteiger partial charge in [-0.25, -0.2) is 23.5 Å². The summed E-state index contributed by atoms with van der Waals surface area (Å²) < 4.78 is 4.61. The van der Waals surface area contributed by atoms with Crippen molar-refractivity contribution in [3.63, 3.8) is 0 Å². The van der Waals surface area contributed by atoms with Crippen LogP contribution in [0.1, 0.15) is 6.42 Å². The number of para-hydroxylation sites is 1. The van der Waals surface area contributed by atoms with Gasteiger partial charge in [-0.2, -0.15) is 0 Å². The van der Waals surface area contributed by atoms with Crippen molar-refractivity contribution in [3.05, 3.63) is 63.5 Å². The Morgan fingerprint density at radius 1 is 1.00 bits per heavy atom. The summed E-state index contributed by atoms with van der Waals surface area (Å²) in [6.45, 7) is 1.26. The molecule has 1 aromatic heterocycles. The minimum Gasteiger partial charge on any atom is -0.280 e. The molecule has 6 rings (SSSR count). The molecule has 0 amide bonds. The maximum atomic E-state index is 12.9. The first kappa shape index (κ1) is 12.1. The molecule has 3 unspecified atom stereocenters. The fraction of sp³-hybridized carbons (Fsp3) is 0.412. The first-order valence-electron chi connectivity index (χ1n) is 8.17. The molecule has 0 N–H and O–H groups in total. The van der Waals surface area contributed by atoms with Gasteiger partial charge in [-0.15, -0.1) is 0 Å². The molecule has 1 spiro atoms. The Morgan fingerprint density at radius 2 is 1.78 bits per heavy atom. The van der Waals surface area contributed by atoms with E-state index in [-0.39, 0.29) is 16.9 Å². The first-order chi connectivity index (χ1) is 11.2. The van der Waals surface area contributed by atoms with E-state index in [4.69, 9.17) is 0 Å². The third kappa shape index (κ3) is 1.19. The molecule has 1 aromatic carbocycles. The molecular formula is C17H16N4O2. The standard InChI is InChI=1S/C17H16N4O2/c22-15-18-9-14-17(11-6-7-13(8-11)21(14)17)10-19(18)16(23)20(15)12-4-2-1-3-5-12/h1-7,11,13-14H,8-10H2/t11?,13-,14?,17+,21?/m0/s1. The molecule has 2 bridgehead atoms. The number of rotatable bonds is 1. The van der Waals surface area contributed by atoms with Crippen LogP contribution in [0.4, 0.5) is 0 Å². The Morgan fingerprint density at radius 3 is 2.61 bits per heavy atom. The lowest BCUT2D eigenvalue weighted by Crippen LogP contribution is -2.43. The molecule has 2 fully saturated rings. The molecule has 4 heterocycles. The maximum Gasteiger partial charge on any atom is 0.351 e. The average Bonchev–Trinajstić information content (AvgIpc) is 2.83. The molecular weight excluding hydrogens is 292 g/mol. The highest BCUT2D eigenvalue weighted by atomic mass is 16.2. The van der Waals surface area contributed by atoms with Crippen LogP contribution in [0.2, 0.25) is 0 Å². The zero-order valence-electron chi connectivity index (χ0n) is 12.5. The molecule has 5 atom stereocenters. The summed E-state index contributed by atoms with van der Waals surface area (Å²) in [7, 11) is 0. The number of nitrogens with zero attached hydrogens (tertiary/aromatic N) is 4. The number of piperidine rings is 1. The molecule has 6 nitrogen and oxygen atoms in total. The highest BCUT2D eigenvalue weighted by Gasteiger charge is 2.75. The lowest BCUT2D eigenvalue weighted by Gasteiger charge is -2.25. The summed E-state index contributed by atoms with van der Waals surface area (Å²) in [6.07, 6.45) is 5.78. The van der Waals surface area contributed by atoms with Gasteiger partial charge >= 0.3 is 11.4 Å². The lowest BCUT2D eigenvalue weighted by molar-refractivity contribution is 0.286. The summed E-state index contributed by atoms with van der Waals surface area (Å²) in [5.41, 5.74) is 0.307. The molecule has 6 heteroatoms. The predicted molar refractivity (Wildman–Crippen MR) is 83.7 cm³/mol. The maximum absolute atomic E-state index is 12.9. The second-order valence-electron chi connectivity index (χ2n) is 7.08. The van der Waals surface area contributed by atoms with Gasteiger partial charge in [0.05, 0.1) is 30.4 Å². The van der Waals surface area contributed by atoms with Crippen molar-refractivity contribution in [3.8, 4) is 5.69 Å². The molecule has 2 saturated heterocycles. The first-order valence-corrected chi connectivity index (χ1v) is 8.17. The van der Waals surface area contributed by atoms with Gasteiger partial charge in [0.2, 0.25) is 0 Å². The van der Waals surface area contributed by atoms with Crippen molar-refractivity contribution in [2.75, 3.05) is 0 Å². The quantitative estimate of drug-likeness (QED) is 0.558. The number of hydrogen-bond acceptors (Lipinski definition) is 3. The van der Waals surface area contributed by atoms with Crippen LogP contribution in [0, 0.1) is 5.92 Å². The van der Waals surface area contributed by atoms with Crippen molar-refractivity contribution in [1.29, 1.82) is 0 Å². The topological polar surface area (TPSA) is 51.9 Å². The Kier molecular flexibility index (Phi) is 1.89. The van der Waals surface area contributed by atoms with E-state index in [9.17, 15) is 9.59 Å². The highest BCUT2D eigenvalue weighted by Crippen LogP contribution is 2.62. The third-order valence-corrected chi connectivity index (χ3v) is 6.27. The van der Waals surface area contributed by atoms with E-state index in [1.54, 1.807) is 21.5 Å². The van der Waals surface area contributed by atoms with Crippen LogP contribution in [-0.2, 0) is 13.1 Å². The summed E-state index contributed by atoms with van der Waals surface area (Å²) in [6, 6.07) is 10.1. The molecule has 2 aromatic rings. The van der Waals surface area contributed by atoms with E-state index in [1.165, 1.54) is 11.0 Å². The SMILES string of the molecule is O=c1n(-c2ccccc2)c(=O)n2n1CC1N3[C@H]4C=CC(C4)[C@]13C2. The molecule has 4 aliphatic rings. The van der Waals surface area contributed by atoms with Crippen LogP contribution in [0.5, 0.6) is 0 Å². The van der Waals surface area contributed by atoms with Gasteiger partial charge in [0.15, 0.2) is 0 Å². The van der Waals surface area contributed by atoms with Crippen LogP contribution in [0.15, 0.2) is 52.1 Å². The van der Waals surface area contributed by atoms with E-state index >= 15 is 0 Å². The molecule has 0 saturated carbocycles. The number of benzene rings is 1. The van der Waals surface area contributed by atoms with Crippen molar-refractivity contribution in [2.45, 2.75) is 37.1 Å². The predicted octanol–water partition coefficient (Wildman–Crippen LogP) is 0.196. The summed E-state index contributed by atoms with van der Waals surface area (Å²) >= 11 is 0. The third-order valence-electron chi connectivity index (χ3n) is 6.27. The van der Waals surface area contributed by atoms with Gasteiger partial charge in [0.1, 0.15) is 0 Å². The largest absolute Gasteiger partial charge is 0.351 e. The van der Waals surface area contributed by atoms with Gasteiger partial charge in [-0.05, 0) is 18.6 Å². The van der Waals surface area contributed by atoms with Crippen molar-refractivity contribution in [1.82, 2.24) is 18.8 Å². The fourth-order valence-corrected chi connectivity index (χ4v) is 5.27. The van der Waals surface area contributed by atoms with Gasteiger partial charge < -0.3 is 0 Å². The Balaban J connectivity index is 1.53. The van der Waals surface area contributed by atoms with Crippen LogP contribution >= 0.6 is 0 Å². The zero-order valence-corrected chi connectivity index (χ0v) is 12.5. The van der Waals surface area contributed by atoms with Crippen LogP contribution in [0.25, 0.3) is 5.69 Å². The minimum atomic E-state index is -0.220. The fourth-order valence-electron chi connectivity index (χ4n) is 5.27. The second-order valence-corrected chi connectivity index (χ2v) is 7.08. The van der Waals surface area contributed by atoms with Crippen LogP contribution in [0.3, 0.4) is 0 Å². The van der Waals surface area contributed by atoms with Gasteiger partial charge in [0, 0.05) is 12.0 Å². The van der Waals surface area contributed by atoms with E-state index in [1.807, 2.05) is 18.2 Å². The van der Waals surface area contributed by atoms with Gasteiger partial charge in [-0.3, -0.25) is 4.90 Å². The average molecular weight is 308 g/mol. The van der Waals surface area contributed by atoms with E-state index in [2.05, 4.69) is 17.1 Å². The Bertz CT molecular complexity index is 982. The summed E-state index contributed by atoms with van der Waals surface area (Å²) in [5.74, 6) is 0.535. The number of aromatic nitrogens is 3. The van der Waals surface area contributed by atoms with E-state index < -0.39 is 0 Å². The highest BCUT2D eigenvalue weighted by molar-refractivity contribution is 5.37. The normalized spacial score (nSPS) is 38.3. The number of hydrogen-bond donors (Lipinski definition) is 0. The lowest BCUT2D eigenvalue weighted by atomic mass is 9.88. The van der Waals surface area contributed by atoms with Crippen molar-refractivity contribution in [2.24, 2.45) is 5.92 Å². The molecule has 23 heavy (non-hydrogen) atoms. The van der Waals surface area contributed by atoms with Gasteiger partial charge in [-0.1, -0.05) is 30.4 Å². The number of fused-ring (bicyclic) bond motifs is 5. The van der Waals surface area contributed by atoms with Crippen molar-refractivity contribution >= 4 is 0 Å².